The van der Waals surface area contributed by atoms with Crippen LogP contribution in [0, 0.1) is 0 Å². The van der Waals surface area contributed by atoms with Crippen LogP contribution in [0.15, 0.2) is 47.5 Å². The number of ether oxygens (including phenoxy) is 4. The van der Waals surface area contributed by atoms with Gasteiger partial charge in [-0.3, -0.25) is 5.32 Å². The van der Waals surface area contributed by atoms with Crippen LogP contribution in [0.3, 0.4) is 0 Å². The van der Waals surface area contributed by atoms with Gasteiger partial charge in [0, 0.05) is 6.42 Å². The van der Waals surface area contributed by atoms with Crippen molar-refractivity contribution in [1.29, 1.82) is 0 Å². The summed E-state index contributed by atoms with van der Waals surface area (Å²) in [5, 5.41) is 5.67. The van der Waals surface area contributed by atoms with Gasteiger partial charge in [0.05, 0.1) is 27.4 Å². The van der Waals surface area contributed by atoms with Gasteiger partial charge in [0.2, 0.25) is 11.8 Å². The minimum Gasteiger partial charge on any atom is -0.482 e. The van der Waals surface area contributed by atoms with E-state index in [1.807, 2.05) is 12.4 Å². The molecule has 0 unspecified atom stereocenters. The number of nitrogens with one attached hydrogen (secondary N) is 2. The molecule has 0 atom stereocenters. The van der Waals surface area contributed by atoms with Crippen molar-refractivity contribution in [3.05, 3.63) is 47.5 Å². The van der Waals surface area contributed by atoms with Crippen LogP contribution < -0.4 is 10.6 Å². The van der Waals surface area contributed by atoms with Crippen molar-refractivity contribution in [3.8, 4) is 0 Å². The Kier molecular flexibility index (Phi) is 9.45. The Hall–Kier alpha value is -2.90. The molecular formula is C18H26N2O6. The summed E-state index contributed by atoms with van der Waals surface area (Å²) in [7, 11) is 2.81. The summed E-state index contributed by atoms with van der Waals surface area (Å²) in [5.41, 5.74) is 0.441. The maximum atomic E-state index is 11.9. The van der Waals surface area contributed by atoms with Gasteiger partial charge in [-0.2, -0.15) is 0 Å². The Morgan fingerprint density at radius 1 is 0.923 bits per heavy atom. The molecular weight excluding hydrogens is 340 g/mol. The number of dihydropyridines is 2. The first-order chi connectivity index (χ1) is 12.6. The van der Waals surface area contributed by atoms with E-state index in [1.165, 1.54) is 14.2 Å². The number of allylic oxidation sites excluding steroid dienone is 2. The van der Waals surface area contributed by atoms with Crippen LogP contribution in [0.2, 0.25) is 0 Å². The molecule has 144 valence electrons. The van der Waals surface area contributed by atoms with E-state index in [-0.39, 0.29) is 42.5 Å². The minimum atomic E-state index is -0.547. The summed E-state index contributed by atoms with van der Waals surface area (Å²) in [6.07, 6.45) is 9.10. The lowest BCUT2D eigenvalue weighted by atomic mass is 10.0. The third kappa shape index (κ3) is 6.19. The minimum absolute atomic E-state index is 0.0248. The molecule has 0 fully saturated rings. The average Bonchev–Trinajstić information content (AvgIpc) is 2.69. The number of esters is 2. The van der Waals surface area contributed by atoms with Gasteiger partial charge in [-0.1, -0.05) is 12.2 Å². The lowest BCUT2D eigenvalue weighted by Gasteiger charge is -2.23. The van der Waals surface area contributed by atoms with Crippen LogP contribution in [-0.4, -0.2) is 39.4 Å². The normalized spacial score (nSPS) is 15.2. The fourth-order valence-corrected chi connectivity index (χ4v) is 2.11. The molecule has 2 heterocycles. The summed E-state index contributed by atoms with van der Waals surface area (Å²) in [6.45, 7) is 3.86. The van der Waals surface area contributed by atoms with Crippen LogP contribution in [0.25, 0.3) is 0 Å². The van der Waals surface area contributed by atoms with Gasteiger partial charge in [0.15, 0.2) is 0 Å². The standard InChI is InChI=1S/C13H19NO6.C5H7N/c1-5-19-12(15)8-7-9(13(16)20-6-2)11(18-4)14-10(8)17-3;1-2-4-6-5-3-1/h14H,5-7H2,1-4H3;2-6H,1H2. The van der Waals surface area contributed by atoms with E-state index >= 15 is 0 Å². The number of hydrogen-bond acceptors (Lipinski definition) is 8. The predicted molar refractivity (Wildman–Crippen MR) is 95.1 cm³/mol. The Labute approximate surface area is 153 Å². The van der Waals surface area contributed by atoms with Crippen molar-refractivity contribution in [3.63, 3.8) is 0 Å². The van der Waals surface area contributed by atoms with Gasteiger partial charge in [-0.15, -0.1) is 0 Å². The van der Waals surface area contributed by atoms with E-state index in [1.54, 1.807) is 13.8 Å². The third-order valence-corrected chi connectivity index (χ3v) is 3.28. The van der Waals surface area contributed by atoms with Gasteiger partial charge < -0.3 is 24.3 Å². The zero-order valence-electron chi connectivity index (χ0n) is 15.6. The first-order valence-corrected chi connectivity index (χ1v) is 8.30. The average molecular weight is 366 g/mol. The van der Waals surface area contributed by atoms with Crippen LogP contribution >= 0.6 is 0 Å². The Morgan fingerprint density at radius 2 is 1.38 bits per heavy atom. The van der Waals surface area contributed by atoms with Crippen molar-refractivity contribution in [2.24, 2.45) is 0 Å². The topological polar surface area (TPSA) is 95.1 Å². The molecule has 0 aromatic carbocycles. The second kappa shape index (κ2) is 11.6. The zero-order valence-corrected chi connectivity index (χ0v) is 15.6. The first-order valence-electron chi connectivity index (χ1n) is 8.30. The van der Waals surface area contributed by atoms with E-state index in [2.05, 4.69) is 22.8 Å². The maximum absolute atomic E-state index is 11.9. The number of rotatable bonds is 6. The molecule has 26 heavy (non-hydrogen) atoms. The van der Waals surface area contributed by atoms with Gasteiger partial charge in [0.25, 0.3) is 0 Å². The molecule has 0 radical (unpaired) electrons. The number of hydrogen-bond donors (Lipinski definition) is 2. The largest absolute Gasteiger partial charge is 0.482 e. The molecule has 8 nitrogen and oxygen atoms in total. The van der Waals surface area contributed by atoms with Crippen molar-refractivity contribution in [2.75, 3.05) is 27.4 Å². The van der Waals surface area contributed by atoms with Gasteiger partial charge >= 0.3 is 11.9 Å². The Morgan fingerprint density at radius 3 is 1.65 bits per heavy atom. The lowest BCUT2D eigenvalue weighted by Crippen LogP contribution is -2.30. The van der Waals surface area contributed by atoms with E-state index in [4.69, 9.17) is 18.9 Å². The lowest BCUT2D eigenvalue weighted by molar-refractivity contribution is -0.139. The van der Waals surface area contributed by atoms with Crippen molar-refractivity contribution in [1.82, 2.24) is 10.6 Å². The fraction of sp³-hybridized carbons (Fsp3) is 0.444. The van der Waals surface area contributed by atoms with E-state index < -0.39 is 11.9 Å². The summed E-state index contributed by atoms with van der Waals surface area (Å²) in [5.74, 6) is -0.690. The highest BCUT2D eigenvalue weighted by Gasteiger charge is 2.31. The van der Waals surface area contributed by atoms with E-state index in [0.717, 1.165) is 6.42 Å². The first kappa shape index (κ1) is 21.1. The van der Waals surface area contributed by atoms with Crippen LogP contribution in [0.4, 0.5) is 0 Å². The van der Waals surface area contributed by atoms with Gasteiger partial charge in [-0.25, -0.2) is 9.59 Å². The monoisotopic (exact) mass is 366 g/mol. The zero-order chi connectivity index (χ0) is 19.4. The predicted octanol–water partition coefficient (Wildman–Crippen LogP) is 1.83. The SMILES string of the molecule is C1=CNC=CC1.CCOC(=O)C1=C(OC)NC(OC)=C(C(=O)OCC)C1. The Bertz CT molecular complexity index is 559. The molecule has 0 bridgehead atoms. The van der Waals surface area contributed by atoms with Crippen molar-refractivity contribution in [2.45, 2.75) is 26.7 Å². The molecule has 0 saturated heterocycles. The van der Waals surface area contributed by atoms with Crippen LogP contribution in [-0.2, 0) is 28.5 Å². The number of methoxy groups -OCH3 is 2. The molecule has 0 aliphatic carbocycles. The second-order valence-corrected chi connectivity index (χ2v) is 4.97. The molecule has 0 spiro atoms. The fourth-order valence-electron chi connectivity index (χ4n) is 2.11. The molecule has 2 rings (SSSR count). The molecule has 0 aromatic heterocycles. The van der Waals surface area contributed by atoms with Crippen molar-refractivity contribution >= 4 is 11.9 Å². The summed E-state index contributed by atoms with van der Waals surface area (Å²) in [6, 6.07) is 0. The summed E-state index contributed by atoms with van der Waals surface area (Å²) >= 11 is 0. The Balaban J connectivity index is 0.000000472. The molecule has 0 aromatic rings. The van der Waals surface area contributed by atoms with Crippen LogP contribution in [0.5, 0.6) is 0 Å². The molecule has 2 aliphatic rings. The maximum Gasteiger partial charge on any atom is 0.339 e. The summed E-state index contributed by atoms with van der Waals surface area (Å²) < 4.78 is 20.1. The highest BCUT2D eigenvalue weighted by atomic mass is 16.5. The smallest absolute Gasteiger partial charge is 0.339 e. The molecule has 0 saturated carbocycles. The quantitative estimate of drug-likeness (QED) is 0.688. The molecule has 0 amide bonds. The van der Waals surface area contributed by atoms with Gasteiger partial charge in [-0.05, 0) is 32.7 Å². The highest BCUT2D eigenvalue weighted by molar-refractivity contribution is 5.96. The number of carbonyl (C=O) groups is 2. The van der Waals surface area contributed by atoms with Crippen molar-refractivity contribution < 1.29 is 28.5 Å². The third-order valence-electron chi connectivity index (χ3n) is 3.28. The van der Waals surface area contributed by atoms with E-state index in [0.29, 0.717) is 0 Å². The molecule has 8 heteroatoms. The van der Waals surface area contributed by atoms with Crippen LogP contribution in [0.1, 0.15) is 26.7 Å². The van der Waals surface area contributed by atoms with Gasteiger partial charge in [0.1, 0.15) is 11.1 Å². The molecule has 2 aliphatic heterocycles. The second-order valence-electron chi connectivity index (χ2n) is 4.97. The highest BCUT2D eigenvalue weighted by Crippen LogP contribution is 2.25. The summed E-state index contributed by atoms with van der Waals surface area (Å²) in [4.78, 5) is 23.7. The number of carbonyl (C=O) groups excluding carboxylic acids is 2. The van der Waals surface area contributed by atoms with E-state index in [9.17, 15) is 9.59 Å². The molecule has 2 N–H and O–H groups in total.